The van der Waals surface area contributed by atoms with E-state index in [0.29, 0.717) is 19.8 Å². The van der Waals surface area contributed by atoms with Gasteiger partial charge in [0.1, 0.15) is 12.4 Å². The molecular weight excluding hydrogens is 192 g/mol. The zero-order chi connectivity index (χ0) is 11.5. The molecule has 1 aromatic heterocycles. The lowest BCUT2D eigenvalue weighted by Crippen LogP contribution is -2.27. The Hall–Kier alpha value is -0.940. The first-order valence-corrected chi connectivity index (χ1v) is 5.22. The molecular formula is C10H20N4O. The molecule has 0 unspecified atom stereocenters. The van der Waals surface area contributed by atoms with Gasteiger partial charge < -0.3 is 15.0 Å². The summed E-state index contributed by atoms with van der Waals surface area (Å²) in [6.45, 7) is 9.83. The van der Waals surface area contributed by atoms with Gasteiger partial charge in [-0.15, -0.1) is 10.2 Å². The third kappa shape index (κ3) is 2.76. The number of hydrogen-bond donors (Lipinski definition) is 1. The van der Waals surface area contributed by atoms with Crippen LogP contribution in [0.15, 0.2) is 0 Å². The number of rotatable bonds is 4. The fourth-order valence-electron chi connectivity index (χ4n) is 1.55. The predicted octanol–water partition coefficient (Wildman–Crippen LogP) is 1.03. The van der Waals surface area contributed by atoms with E-state index < -0.39 is 0 Å². The van der Waals surface area contributed by atoms with Crippen molar-refractivity contribution < 1.29 is 4.74 Å². The van der Waals surface area contributed by atoms with E-state index in [-0.39, 0.29) is 5.54 Å². The van der Waals surface area contributed by atoms with E-state index in [0.717, 1.165) is 11.6 Å². The monoisotopic (exact) mass is 212 g/mol. The number of nitrogens with two attached hydrogens (primary N) is 1. The average Bonchev–Trinajstić information content (AvgIpc) is 2.56. The smallest absolute Gasteiger partial charge is 0.159 e. The maximum Gasteiger partial charge on any atom is 0.159 e. The van der Waals surface area contributed by atoms with Gasteiger partial charge >= 0.3 is 0 Å². The minimum absolute atomic E-state index is 0.0648. The van der Waals surface area contributed by atoms with Crippen molar-refractivity contribution in [2.24, 2.45) is 5.73 Å². The molecule has 1 aromatic rings. The first-order chi connectivity index (χ1) is 7.00. The summed E-state index contributed by atoms with van der Waals surface area (Å²) in [4.78, 5) is 0. The Balaban J connectivity index is 3.01. The lowest BCUT2D eigenvalue weighted by atomic mass is 10.1. The van der Waals surface area contributed by atoms with Gasteiger partial charge in [-0.2, -0.15) is 0 Å². The van der Waals surface area contributed by atoms with Crippen molar-refractivity contribution in [2.75, 3.05) is 6.61 Å². The average molecular weight is 212 g/mol. The zero-order valence-corrected chi connectivity index (χ0v) is 9.95. The van der Waals surface area contributed by atoms with E-state index in [1.807, 2.05) is 11.5 Å². The SMILES string of the molecule is CCOCc1nnc(CN)n1C(C)(C)C. The number of hydrogen-bond acceptors (Lipinski definition) is 4. The highest BCUT2D eigenvalue weighted by molar-refractivity contribution is 5.00. The lowest BCUT2D eigenvalue weighted by Gasteiger charge is -2.24. The second kappa shape index (κ2) is 4.72. The van der Waals surface area contributed by atoms with E-state index in [1.54, 1.807) is 0 Å². The Morgan fingerprint density at radius 1 is 1.27 bits per heavy atom. The first-order valence-electron chi connectivity index (χ1n) is 5.22. The van der Waals surface area contributed by atoms with E-state index in [9.17, 15) is 0 Å². The van der Waals surface area contributed by atoms with Crippen molar-refractivity contribution in [1.82, 2.24) is 14.8 Å². The fourth-order valence-corrected chi connectivity index (χ4v) is 1.55. The number of aromatic nitrogens is 3. The summed E-state index contributed by atoms with van der Waals surface area (Å²) >= 11 is 0. The molecule has 0 aliphatic carbocycles. The summed E-state index contributed by atoms with van der Waals surface area (Å²) < 4.78 is 7.39. The minimum Gasteiger partial charge on any atom is -0.374 e. The summed E-state index contributed by atoms with van der Waals surface area (Å²) in [5.41, 5.74) is 5.56. The lowest BCUT2D eigenvalue weighted by molar-refractivity contribution is 0.121. The third-order valence-corrected chi connectivity index (χ3v) is 2.09. The van der Waals surface area contributed by atoms with Gasteiger partial charge in [-0.25, -0.2) is 0 Å². The highest BCUT2D eigenvalue weighted by atomic mass is 16.5. The molecule has 0 spiro atoms. The zero-order valence-electron chi connectivity index (χ0n) is 9.95. The van der Waals surface area contributed by atoms with Crippen LogP contribution in [0, 0.1) is 0 Å². The number of nitrogens with zero attached hydrogens (tertiary/aromatic N) is 3. The molecule has 1 heterocycles. The summed E-state index contributed by atoms with van der Waals surface area (Å²) in [5, 5.41) is 8.16. The van der Waals surface area contributed by atoms with Crippen molar-refractivity contribution in [2.45, 2.75) is 46.4 Å². The molecule has 5 nitrogen and oxygen atoms in total. The van der Waals surface area contributed by atoms with Gasteiger partial charge in [0.05, 0.1) is 6.54 Å². The maximum atomic E-state index is 5.63. The highest BCUT2D eigenvalue weighted by Gasteiger charge is 2.21. The van der Waals surface area contributed by atoms with Gasteiger partial charge in [0.2, 0.25) is 0 Å². The van der Waals surface area contributed by atoms with Crippen molar-refractivity contribution >= 4 is 0 Å². The van der Waals surface area contributed by atoms with Crippen molar-refractivity contribution in [3.8, 4) is 0 Å². The fraction of sp³-hybridized carbons (Fsp3) is 0.800. The first kappa shape index (κ1) is 12.1. The van der Waals surface area contributed by atoms with Gasteiger partial charge in [0.25, 0.3) is 0 Å². The Labute approximate surface area is 90.6 Å². The van der Waals surface area contributed by atoms with Crippen molar-refractivity contribution in [3.05, 3.63) is 11.6 Å². The molecule has 0 fully saturated rings. The molecule has 0 radical (unpaired) electrons. The van der Waals surface area contributed by atoms with Crippen LogP contribution in [0.5, 0.6) is 0 Å². The molecule has 0 amide bonds. The van der Waals surface area contributed by atoms with Gasteiger partial charge in [0.15, 0.2) is 5.82 Å². The van der Waals surface area contributed by atoms with Crippen LogP contribution in [0.4, 0.5) is 0 Å². The Morgan fingerprint density at radius 2 is 1.87 bits per heavy atom. The Kier molecular flexibility index (Phi) is 3.82. The van der Waals surface area contributed by atoms with Crippen LogP contribution in [-0.2, 0) is 23.4 Å². The van der Waals surface area contributed by atoms with E-state index >= 15 is 0 Å². The van der Waals surface area contributed by atoms with Crippen molar-refractivity contribution in [3.63, 3.8) is 0 Å². The highest BCUT2D eigenvalue weighted by Crippen LogP contribution is 2.18. The quantitative estimate of drug-likeness (QED) is 0.809. The maximum absolute atomic E-state index is 5.63. The van der Waals surface area contributed by atoms with E-state index in [2.05, 4.69) is 31.0 Å². The molecule has 1 rings (SSSR count). The molecule has 2 N–H and O–H groups in total. The molecule has 0 saturated carbocycles. The molecule has 0 aliphatic heterocycles. The standard InChI is InChI=1S/C10H20N4O/c1-5-15-7-9-13-12-8(6-11)14(9)10(2,3)4/h5-7,11H2,1-4H3. The third-order valence-electron chi connectivity index (χ3n) is 2.09. The topological polar surface area (TPSA) is 66.0 Å². The van der Waals surface area contributed by atoms with Crippen molar-refractivity contribution in [1.29, 1.82) is 0 Å². The molecule has 0 aromatic carbocycles. The largest absolute Gasteiger partial charge is 0.374 e. The van der Waals surface area contributed by atoms with Gasteiger partial charge in [0, 0.05) is 12.1 Å². The molecule has 0 atom stereocenters. The normalized spacial score (nSPS) is 12.1. The summed E-state index contributed by atoms with van der Waals surface area (Å²) in [6.07, 6.45) is 0. The van der Waals surface area contributed by atoms with Crippen LogP contribution in [0.2, 0.25) is 0 Å². The summed E-state index contributed by atoms with van der Waals surface area (Å²) in [7, 11) is 0. The summed E-state index contributed by atoms with van der Waals surface area (Å²) in [5.74, 6) is 1.64. The molecule has 86 valence electrons. The van der Waals surface area contributed by atoms with Crippen LogP contribution in [0.25, 0.3) is 0 Å². The van der Waals surface area contributed by atoms with E-state index in [4.69, 9.17) is 10.5 Å². The van der Waals surface area contributed by atoms with Crippen LogP contribution in [0.1, 0.15) is 39.3 Å². The van der Waals surface area contributed by atoms with Gasteiger partial charge in [-0.1, -0.05) is 0 Å². The number of ether oxygens (including phenoxy) is 1. The van der Waals surface area contributed by atoms with E-state index in [1.165, 1.54) is 0 Å². The van der Waals surface area contributed by atoms with Crippen LogP contribution < -0.4 is 5.73 Å². The second-order valence-electron chi connectivity index (χ2n) is 4.38. The molecule has 15 heavy (non-hydrogen) atoms. The van der Waals surface area contributed by atoms with Crippen LogP contribution in [0.3, 0.4) is 0 Å². The molecule has 0 aliphatic rings. The molecule has 0 saturated heterocycles. The van der Waals surface area contributed by atoms with Crippen LogP contribution >= 0.6 is 0 Å². The minimum atomic E-state index is -0.0648. The van der Waals surface area contributed by atoms with Gasteiger partial charge in [-0.05, 0) is 27.7 Å². The predicted molar refractivity (Wildman–Crippen MR) is 58.2 cm³/mol. The molecule has 0 bridgehead atoms. The second-order valence-corrected chi connectivity index (χ2v) is 4.38. The Morgan fingerprint density at radius 3 is 2.33 bits per heavy atom. The summed E-state index contributed by atoms with van der Waals surface area (Å²) in [6, 6.07) is 0. The van der Waals surface area contributed by atoms with Gasteiger partial charge in [-0.3, -0.25) is 0 Å². The Bertz CT molecular complexity index is 314. The van der Waals surface area contributed by atoms with Crippen LogP contribution in [-0.4, -0.2) is 21.4 Å². The molecule has 5 heteroatoms.